The number of halogens is 1. The second-order valence-corrected chi connectivity index (χ2v) is 11.7. The first kappa shape index (κ1) is 31.6. The lowest BCUT2D eigenvalue weighted by atomic mass is 9.93. The van der Waals surface area contributed by atoms with Crippen LogP contribution in [0.3, 0.4) is 0 Å². The summed E-state index contributed by atoms with van der Waals surface area (Å²) >= 11 is 1.18. The molecule has 2 atom stereocenters. The third-order valence-corrected chi connectivity index (χ3v) is 8.27. The Morgan fingerprint density at radius 3 is 2.50 bits per heavy atom. The van der Waals surface area contributed by atoms with Crippen LogP contribution in [0, 0.1) is 11.7 Å². The molecule has 226 valence electrons. The summed E-state index contributed by atoms with van der Waals surface area (Å²) in [6.45, 7) is 6.42. The van der Waals surface area contributed by atoms with Crippen LogP contribution in [-0.4, -0.2) is 74.3 Å². The van der Waals surface area contributed by atoms with E-state index in [9.17, 15) is 23.6 Å². The van der Waals surface area contributed by atoms with Crippen molar-refractivity contribution < 1.29 is 33.0 Å². The highest BCUT2D eigenvalue weighted by molar-refractivity contribution is 8.14. The number of aromatic nitrogens is 3. The fourth-order valence-corrected chi connectivity index (χ4v) is 5.99. The number of aryl methyl sites for hydroxylation is 1. The number of carbonyl (C=O) groups is 4. The van der Waals surface area contributed by atoms with Gasteiger partial charge >= 0.3 is 11.9 Å². The molecule has 10 nitrogen and oxygen atoms in total. The Labute approximate surface area is 249 Å². The van der Waals surface area contributed by atoms with Gasteiger partial charge in [-0.3, -0.25) is 19.3 Å². The first-order valence-electron chi connectivity index (χ1n) is 14.4. The van der Waals surface area contributed by atoms with Gasteiger partial charge in [0.2, 0.25) is 0 Å². The van der Waals surface area contributed by atoms with Gasteiger partial charge in [0.05, 0.1) is 25.8 Å². The van der Waals surface area contributed by atoms with Crippen LogP contribution in [0.2, 0.25) is 0 Å². The topological polar surface area (TPSA) is 121 Å². The highest BCUT2D eigenvalue weighted by atomic mass is 32.2. The molecule has 1 saturated carbocycles. The Bertz CT molecular complexity index is 1340. The van der Waals surface area contributed by atoms with Gasteiger partial charge < -0.3 is 9.47 Å². The molecule has 12 heteroatoms. The number of ketones is 1. The summed E-state index contributed by atoms with van der Waals surface area (Å²) in [5.41, 5.74) is 1.40. The van der Waals surface area contributed by atoms with Gasteiger partial charge in [0.25, 0.3) is 0 Å². The SMILES string of the molecule is CCOC(=O)CCCn1nc(/C=C2\CN(C(C(=O)C3CC3)c3ccccc3F)CCC2SC(C)=O)c(C(=O)OCC)n1. The highest BCUT2D eigenvalue weighted by Gasteiger charge is 2.41. The molecule has 2 heterocycles. The van der Waals surface area contributed by atoms with Crippen LogP contribution in [0.4, 0.5) is 4.39 Å². The van der Waals surface area contributed by atoms with Gasteiger partial charge in [-0.1, -0.05) is 30.0 Å². The minimum atomic E-state index is -0.756. The number of carbonyl (C=O) groups excluding carboxylic acids is 4. The van der Waals surface area contributed by atoms with Crippen LogP contribution in [0.5, 0.6) is 0 Å². The predicted molar refractivity (Wildman–Crippen MR) is 155 cm³/mol. The molecule has 0 N–H and O–H groups in total. The molecule has 2 fully saturated rings. The molecule has 0 spiro atoms. The number of hydrogen-bond acceptors (Lipinski definition) is 10. The quantitative estimate of drug-likeness (QED) is 0.306. The van der Waals surface area contributed by atoms with E-state index < -0.39 is 17.8 Å². The number of ether oxygens (including phenoxy) is 2. The zero-order chi connectivity index (χ0) is 30.2. The van der Waals surface area contributed by atoms with Crippen LogP contribution in [-0.2, 0) is 30.4 Å². The number of thioether (sulfide) groups is 1. The van der Waals surface area contributed by atoms with Crippen molar-refractivity contribution in [2.75, 3.05) is 26.3 Å². The second-order valence-electron chi connectivity index (χ2n) is 10.3. The van der Waals surface area contributed by atoms with Crippen LogP contribution >= 0.6 is 11.8 Å². The molecular formula is C30H37FN4O6S. The summed E-state index contributed by atoms with van der Waals surface area (Å²) in [5, 5.41) is 8.57. The Kier molecular flexibility index (Phi) is 11.0. The van der Waals surface area contributed by atoms with E-state index in [1.807, 2.05) is 4.90 Å². The standard InChI is InChI=1S/C30H37FN4O6S/c1-4-40-26(37)11-8-15-35-32-24(27(33-35)30(39)41-5-2)17-21-18-34(16-14-25(21)42-19(3)36)28(29(38)20-12-13-20)22-9-6-7-10-23(22)31/h6-7,9-10,17,20,25,28H,4-5,8,11-16,18H2,1-3H3/b21-17+. The largest absolute Gasteiger partial charge is 0.466 e. The molecule has 42 heavy (non-hydrogen) atoms. The zero-order valence-electron chi connectivity index (χ0n) is 24.2. The first-order chi connectivity index (χ1) is 20.2. The summed E-state index contributed by atoms with van der Waals surface area (Å²) in [7, 11) is 0. The normalized spacial score (nSPS) is 19.0. The number of hydrogen-bond donors (Lipinski definition) is 0. The van der Waals surface area contributed by atoms with Crippen molar-refractivity contribution >= 4 is 40.7 Å². The lowest BCUT2D eigenvalue weighted by Crippen LogP contribution is -2.43. The summed E-state index contributed by atoms with van der Waals surface area (Å²) < 4.78 is 25.2. The van der Waals surface area contributed by atoms with Crippen LogP contribution < -0.4 is 0 Å². The van der Waals surface area contributed by atoms with Gasteiger partial charge in [-0.05, 0) is 57.2 Å². The number of rotatable bonds is 13. The van der Waals surface area contributed by atoms with Crippen molar-refractivity contribution in [1.29, 1.82) is 0 Å². The van der Waals surface area contributed by atoms with Gasteiger partial charge in [0.1, 0.15) is 11.5 Å². The third-order valence-electron chi connectivity index (χ3n) is 7.12. The molecule has 1 aliphatic heterocycles. The molecule has 0 radical (unpaired) electrons. The van der Waals surface area contributed by atoms with Crippen molar-refractivity contribution in [2.24, 2.45) is 5.92 Å². The molecule has 2 aromatic rings. The number of Topliss-reactive ketones (excluding diaryl/α,β-unsaturated/α-hetero) is 1. The molecule has 1 saturated heterocycles. The van der Waals surface area contributed by atoms with E-state index in [2.05, 4.69) is 10.2 Å². The van der Waals surface area contributed by atoms with Gasteiger partial charge in [-0.25, -0.2) is 9.18 Å². The summed E-state index contributed by atoms with van der Waals surface area (Å²) in [6.07, 6.45) is 4.46. The average molecular weight is 601 g/mol. The molecule has 4 rings (SSSR count). The van der Waals surface area contributed by atoms with Crippen molar-refractivity contribution in [3.05, 3.63) is 52.6 Å². The average Bonchev–Trinajstić information content (AvgIpc) is 3.72. The summed E-state index contributed by atoms with van der Waals surface area (Å²) in [5.74, 6) is -1.49. The van der Waals surface area contributed by atoms with E-state index in [-0.39, 0.29) is 65.5 Å². The molecule has 0 bridgehead atoms. The molecule has 2 unspecified atom stereocenters. The van der Waals surface area contributed by atoms with E-state index in [1.165, 1.54) is 29.5 Å². The Morgan fingerprint density at radius 2 is 1.83 bits per heavy atom. The third kappa shape index (κ3) is 8.13. The van der Waals surface area contributed by atoms with Crippen molar-refractivity contribution in [3.63, 3.8) is 0 Å². The minimum absolute atomic E-state index is 0.00289. The highest BCUT2D eigenvalue weighted by Crippen LogP contribution is 2.40. The second kappa shape index (κ2) is 14.7. The number of piperidine rings is 1. The van der Waals surface area contributed by atoms with Crippen molar-refractivity contribution in [1.82, 2.24) is 19.9 Å². The van der Waals surface area contributed by atoms with E-state index in [4.69, 9.17) is 9.47 Å². The van der Waals surface area contributed by atoms with E-state index in [0.717, 1.165) is 18.4 Å². The monoisotopic (exact) mass is 600 g/mol. The van der Waals surface area contributed by atoms with Crippen LogP contribution in [0.25, 0.3) is 6.08 Å². The maximum atomic E-state index is 15.0. The van der Waals surface area contributed by atoms with Gasteiger partial charge in [0, 0.05) is 43.2 Å². The van der Waals surface area contributed by atoms with Crippen LogP contribution in [0.15, 0.2) is 29.8 Å². The summed E-state index contributed by atoms with van der Waals surface area (Å²) in [4.78, 5) is 53.5. The van der Waals surface area contributed by atoms with Gasteiger partial charge in [-0.2, -0.15) is 9.90 Å². The lowest BCUT2D eigenvalue weighted by Gasteiger charge is -2.38. The Morgan fingerprint density at radius 1 is 1.10 bits per heavy atom. The first-order valence-corrected chi connectivity index (χ1v) is 15.3. The molecule has 1 aliphatic carbocycles. The number of nitrogens with zero attached hydrogens (tertiary/aromatic N) is 4. The molecule has 1 aromatic carbocycles. The maximum Gasteiger partial charge on any atom is 0.361 e. The minimum Gasteiger partial charge on any atom is -0.466 e. The van der Waals surface area contributed by atoms with E-state index in [1.54, 1.807) is 38.1 Å². The van der Waals surface area contributed by atoms with Crippen molar-refractivity contribution in [3.8, 4) is 0 Å². The Balaban J connectivity index is 1.67. The van der Waals surface area contributed by atoms with Crippen LogP contribution in [0.1, 0.15) is 80.7 Å². The predicted octanol–water partition coefficient (Wildman–Crippen LogP) is 4.40. The van der Waals surface area contributed by atoms with E-state index in [0.29, 0.717) is 31.6 Å². The van der Waals surface area contributed by atoms with Gasteiger partial charge in [-0.15, -0.1) is 5.10 Å². The molecular weight excluding hydrogens is 563 g/mol. The summed E-state index contributed by atoms with van der Waals surface area (Å²) in [6, 6.07) is 5.59. The zero-order valence-corrected chi connectivity index (χ0v) is 25.0. The number of likely N-dealkylation sites (tertiary alicyclic amines) is 1. The van der Waals surface area contributed by atoms with Crippen molar-refractivity contribution in [2.45, 2.75) is 70.7 Å². The molecule has 0 amide bonds. The lowest BCUT2D eigenvalue weighted by molar-refractivity contribution is -0.143. The fourth-order valence-electron chi connectivity index (χ4n) is 5.07. The fraction of sp³-hybridized carbons (Fsp3) is 0.533. The van der Waals surface area contributed by atoms with E-state index >= 15 is 0 Å². The Hall–Kier alpha value is -3.38. The maximum absolute atomic E-state index is 15.0. The molecule has 2 aliphatic rings. The molecule has 1 aromatic heterocycles. The number of esters is 2. The smallest absolute Gasteiger partial charge is 0.361 e. The van der Waals surface area contributed by atoms with Gasteiger partial charge in [0.15, 0.2) is 16.6 Å². The number of benzene rings is 1.